The Balaban J connectivity index is 1.78. The average Bonchev–Trinajstić information content (AvgIpc) is 3.05. The molecule has 0 bridgehead atoms. The van der Waals surface area contributed by atoms with Crippen molar-refractivity contribution in [3.8, 4) is 0 Å². The van der Waals surface area contributed by atoms with Gasteiger partial charge in [-0.25, -0.2) is 14.6 Å². The van der Waals surface area contributed by atoms with Crippen LogP contribution in [0.2, 0.25) is 0 Å². The summed E-state index contributed by atoms with van der Waals surface area (Å²) < 4.78 is 48.8. The van der Waals surface area contributed by atoms with E-state index in [2.05, 4.69) is 35.5 Å². The summed E-state index contributed by atoms with van der Waals surface area (Å²) in [5.41, 5.74) is 1.52. The lowest BCUT2D eigenvalue weighted by molar-refractivity contribution is -0.142. The molecular weight excluding hydrogens is 649 g/mol. The number of pyridine rings is 1. The number of Topliss-reactive ketones (excluding diaryl/α,β-unsaturated/α-hetero) is 1. The van der Waals surface area contributed by atoms with Crippen LogP contribution in [0.15, 0.2) is 89.6 Å². The van der Waals surface area contributed by atoms with Crippen molar-refractivity contribution in [3.63, 3.8) is 0 Å². The number of ether oxygens (including phenoxy) is 2. The molecule has 2 heterocycles. The third-order valence-electron chi connectivity index (χ3n) is 8.17. The molecular formula is C39H51F3N2O6. The maximum Gasteiger partial charge on any atom is 0.433 e. The van der Waals surface area contributed by atoms with Gasteiger partial charge in [0.05, 0.1) is 18.3 Å². The van der Waals surface area contributed by atoms with E-state index >= 15 is 0 Å². The van der Waals surface area contributed by atoms with E-state index in [1.54, 1.807) is 19.9 Å². The molecule has 0 saturated heterocycles. The number of aliphatic hydroxyl groups is 1. The third-order valence-corrected chi connectivity index (χ3v) is 8.17. The molecule has 0 aromatic carbocycles. The highest BCUT2D eigenvalue weighted by Crippen LogP contribution is 2.27. The lowest BCUT2D eigenvalue weighted by Crippen LogP contribution is -2.32. The Hall–Kier alpha value is -4.25. The lowest BCUT2D eigenvalue weighted by Gasteiger charge is -2.25. The van der Waals surface area contributed by atoms with Crippen LogP contribution < -0.4 is 5.32 Å². The van der Waals surface area contributed by atoms with Crippen molar-refractivity contribution in [1.82, 2.24) is 10.3 Å². The van der Waals surface area contributed by atoms with Crippen LogP contribution in [0.3, 0.4) is 0 Å². The van der Waals surface area contributed by atoms with E-state index in [-0.39, 0.29) is 54.5 Å². The Kier molecular flexibility index (Phi) is 17.1. The second kappa shape index (κ2) is 20.4. The highest BCUT2D eigenvalue weighted by molar-refractivity contribution is 5.96. The van der Waals surface area contributed by atoms with Crippen molar-refractivity contribution in [3.05, 3.63) is 101 Å². The second-order valence-corrected chi connectivity index (χ2v) is 13.1. The number of hydrogen-bond acceptors (Lipinski definition) is 7. The normalized spacial score (nSPS) is 19.2. The monoisotopic (exact) mass is 700 g/mol. The van der Waals surface area contributed by atoms with Gasteiger partial charge in [0.25, 0.3) is 0 Å². The molecule has 1 aliphatic rings. The molecule has 1 aromatic rings. The molecule has 274 valence electrons. The lowest BCUT2D eigenvalue weighted by atomic mass is 9.84. The maximum absolute atomic E-state index is 13.1. The molecule has 1 aliphatic heterocycles. The van der Waals surface area contributed by atoms with Crippen LogP contribution in [0.25, 0.3) is 0 Å². The first-order valence-corrected chi connectivity index (χ1v) is 16.9. The molecule has 8 nitrogen and oxygen atoms in total. The molecule has 11 heteroatoms. The van der Waals surface area contributed by atoms with Gasteiger partial charge in [-0.15, -0.1) is 0 Å². The second-order valence-electron chi connectivity index (χ2n) is 13.1. The number of alkyl carbamates (subject to hydrolysis) is 1. The van der Waals surface area contributed by atoms with Gasteiger partial charge >= 0.3 is 18.2 Å². The van der Waals surface area contributed by atoms with Gasteiger partial charge in [0.2, 0.25) is 0 Å². The summed E-state index contributed by atoms with van der Waals surface area (Å²) >= 11 is 0. The van der Waals surface area contributed by atoms with Crippen LogP contribution in [-0.4, -0.2) is 46.8 Å². The minimum absolute atomic E-state index is 0.0237. The molecule has 0 aliphatic carbocycles. The predicted octanol–water partition coefficient (Wildman–Crippen LogP) is 8.40. The average molecular weight is 701 g/mol. The summed E-state index contributed by atoms with van der Waals surface area (Å²) in [6.07, 6.45) is 12.5. The Morgan fingerprint density at radius 2 is 1.86 bits per heavy atom. The predicted molar refractivity (Wildman–Crippen MR) is 188 cm³/mol. The van der Waals surface area contributed by atoms with Crippen molar-refractivity contribution in [2.75, 3.05) is 6.61 Å². The zero-order chi connectivity index (χ0) is 37.4. The number of allylic oxidation sites excluding steroid dienone is 8. The third kappa shape index (κ3) is 15.5. The molecule has 0 spiro atoms. The van der Waals surface area contributed by atoms with Crippen molar-refractivity contribution >= 4 is 17.8 Å². The fourth-order valence-corrected chi connectivity index (χ4v) is 5.45. The Morgan fingerprint density at radius 3 is 2.54 bits per heavy atom. The van der Waals surface area contributed by atoms with E-state index in [4.69, 9.17) is 9.47 Å². The number of carbonyl (C=O) groups excluding carboxylic acids is 3. The molecule has 2 rings (SSSR count). The number of carbonyl (C=O) groups is 3. The Morgan fingerprint density at radius 1 is 1.14 bits per heavy atom. The molecule has 0 saturated carbocycles. The van der Waals surface area contributed by atoms with Gasteiger partial charge < -0.3 is 19.9 Å². The van der Waals surface area contributed by atoms with Crippen LogP contribution >= 0.6 is 0 Å². The zero-order valence-corrected chi connectivity index (χ0v) is 30.0. The number of nitrogens with one attached hydrogen (secondary N) is 1. The highest BCUT2D eigenvalue weighted by atomic mass is 19.4. The number of aromatic nitrogens is 1. The quantitative estimate of drug-likeness (QED) is 0.0726. The van der Waals surface area contributed by atoms with Crippen LogP contribution in [0.5, 0.6) is 0 Å². The number of esters is 1. The minimum atomic E-state index is -4.58. The summed E-state index contributed by atoms with van der Waals surface area (Å²) in [4.78, 5) is 40.0. The molecule has 6 atom stereocenters. The summed E-state index contributed by atoms with van der Waals surface area (Å²) in [6.45, 7) is 13.0. The van der Waals surface area contributed by atoms with E-state index in [1.807, 2.05) is 52.0 Å². The largest absolute Gasteiger partial charge is 0.455 e. The minimum Gasteiger partial charge on any atom is -0.455 e. The number of halogens is 3. The number of nitrogens with zero attached hydrogens (tertiary/aromatic N) is 1. The fourth-order valence-electron chi connectivity index (χ4n) is 5.45. The molecule has 0 fully saturated rings. The van der Waals surface area contributed by atoms with Crippen LogP contribution in [0, 0.1) is 23.7 Å². The van der Waals surface area contributed by atoms with Crippen LogP contribution in [0.1, 0.15) is 79.1 Å². The van der Waals surface area contributed by atoms with E-state index in [1.165, 1.54) is 18.2 Å². The SMILES string of the molecule is CC(C=C[C@H]1CC=CC(=O)O1)=C[C@H](C)CC=CC(C)C=C(C)C(=O)[C@@H](C)[C@H](O)[C@@H](C)CC(C)=CCOC(=O)NCc1cccc(C(F)(F)F)n1. The topological polar surface area (TPSA) is 115 Å². The smallest absolute Gasteiger partial charge is 0.433 e. The molecule has 1 aromatic heterocycles. The Bertz CT molecular complexity index is 1490. The van der Waals surface area contributed by atoms with Crippen molar-refractivity contribution < 1.29 is 42.1 Å². The summed E-state index contributed by atoms with van der Waals surface area (Å²) in [6, 6.07) is 3.44. The van der Waals surface area contributed by atoms with Crippen molar-refractivity contribution in [1.29, 1.82) is 0 Å². The first-order valence-electron chi connectivity index (χ1n) is 16.9. The number of alkyl halides is 3. The van der Waals surface area contributed by atoms with E-state index < -0.39 is 30.0 Å². The highest BCUT2D eigenvalue weighted by Gasteiger charge is 2.32. The van der Waals surface area contributed by atoms with Crippen molar-refractivity contribution in [2.24, 2.45) is 23.7 Å². The maximum atomic E-state index is 13.1. The van der Waals surface area contributed by atoms with Gasteiger partial charge in [-0.3, -0.25) is 4.79 Å². The van der Waals surface area contributed by atoms with Gasteiger partial charge in [0.1, 0.15) is 18.4 Å². The number of rotatable bonds is 17. The van der Waals surface area contributed by atoms with E-state index in [0.717, 1.165) is 23.6 Å². The summed E-state index contributed by atoms with van der Waals surface area (Å²) in [7, 11) is 0. The van der Waals surface area contributed by atoms with Gasteiger partial charge in [-0.2, -0.15) is 13.2 Å². The first kappa shape index (κ1) is 41.9. The number of cyclic esters (lactones) is 1. The van der Waals surface area contributed by atoms with E-state index in [0.29, 0.717) is 18.4 Å². The number of aliphatic hydroxyl groups excluding tert-OH is 1. The zero-order valence-electron chi connectivity index (χ0n) is 30.0. The van der Waals surface area contributed by atoms with Gasteiger partial charge in [0.15, 0.2) is 5.78 Å². The van der Waals surface area contributed by atoms with E-state index in [9.17, 15) is 32.7 Å². The molecule has 2 N–H and O–H groups in total. The van der Waals surface area contributed by atoms with Gasteiger partial charge in [0, 0.05) is 18.4 Å². The Labute approximate surface area is 293 Å². The van der Waals surface area contributed by atoms with Gasteiger partial charge in [-0.1, -0.05) is 81.4 Å². The number of amides is 1. The summed E-state index contributed by atoms with van der Waals surface area (Å²) in [5.74, 6) is -1.00. The summed E-state index contributed by atoms with van der Waals surface area (Å²) in [5, 5.41) is 13.3. The molecule has 0 radical (unpaired) electrons. The molecule has 1 unspecified atom stereocenters. The van der Waals surface area contributed by atoms with Crippen LogP contribution in [0.4, 0.5) is 18.0 Å². The van der Waals surface area contributed by atoms with Crippen LogP contribution in [-0.2, 0) is 31.8 Å². The fraction of sp³-hybridized carbons (Fsp3) is 0.487. The molecule has 1 amide bonds. The molecule has 50 heavy (non-hydrogen) atoms. The first-order chi connectivity index (χ1) is 23.5. The van der Waals surface area contributed by atoms with Gasteiger partial charge in [-0.05, 0) is 81.2 Å². The van der Waals surface area contributed by atoms with Crippen molar-refractivity contribution in [2.45, 2.75) is 92.7 Å². The standard InChI is InChI=1S/C39H51F3N2O6/c1-25(21-27(3)17-18-33-14-10-16-35(45)50-33)11-8-12-26(2)22-29(5)36(46)31(7)37(47)30(6)23-28(4)19-20-49-38(48)43-24-32-13-9-15-34(44-32)39(40,41)42/h8-10,12-13,15-19,21-22,25-26,30-31,33,37,47H,11,14,20,23-24H2,1-7H3,(H,43,48)/t25-,26?,30+,31-,33-,37-/m1/s1. The number of ketones is 1. The number of hydrogen-bond donors (Lipinski definition) is 2.